The van der Waals surface area contributed by atoms with Crippen molar-refractivity contribution in [1.82, 2.24) is 9.88 Å². The second-order valence-electron chi connectivity index (χ2n) is 7.84. The summed E-state index contributed by atoms with van der Waals surface area (Å²) in [6.07, 6.45) is 1.25. The van der Waals surface area contributed by atoms with Gasteiger partial charge in [-0.15, -0.1) is 0 Å². The van der Waals surface area contributed by atoms with Crippen molar-refractivity contribution in [2.24, 2.45) is 0 Å². The lowest BCUT2D eigenvalue weighted by Crippen LogP contribution is -2.36. The number of carbonyl (C=O) groups is 1. The van der Waals surface area contributed by atoms with E-state index in [-0.39, 0.29) is 29.4 Å². The number of anilines is 1. The van der Waals surface area contributed by atoms with Crippen LogP contribution in [0, 0.1) is 0 Å². The molecule has 2 aromatic carbocycles. The fourth-order valence-electron chi connectivity index (χ4n) is 3.33. The Morgan fingerprint density at radius 1 is 1.09 bits per heavy atom. The molecule has 0 spiro atoms. The van der Waals surface area contributed by atoms with Crippen LogP contribution in [0.5, 0.6) is 0 Å². The Hall–Kier alpha value is -2.00. The summed E-state index contributed by atoms with van der Waals surface area (Å²) in [4.78, 5) is 21.8. The zero-order valence-electron chi connectivity index (χ0n) is 18.5. The van der Waals surface area contributed by atoms with Crippen LogP contribution in [0.1, 0.15) is 25.3 Å². The number of nitrogens with zero attached hydrogens (tertiary/aromatic N) is 3. The highest BCUT2D eigenvalue weighted by atomic mass is 35.5. The molecule has 32 heavy (non-hydrogen) atoms. The van der Waals surface area contributed by atoms with Crippen LogP contribution in [-0.2, 0) is 21.1 Å². The number of likely N-dealkylation sites (N-methyl/N-ethyl adjacent to an activating group) is 1. The minimum atomic E-state index is -3.47. The summed E-state index contributed by atoms with van der Waals surface area (Å²) in [5.74, 6) is -0.211. The van der Waals surface area contributed by atoms with Crippen LogP contribution < -0.4 is 4.90 Å². The number of halogens is 1. The lowest BCUT2D eigenvalue weighted by atomic mass is 10.1. The van der Waals surface area contributed by atoms with E-state index >= 15 is 0 Å². The van der Waals surface area contributed by atoms with Crippen LogP contribution in [0.25, 0.3) is 10.2 Å². The summed E-state index contributed by atoms with van der Waals surface area (Å²) >= 11 is 7.34. The Bertz CT molecular complexity index is 1170. The highest BCUT2D eigenvalue weighted by molar-refractivity contribution is 7.91. The fourth-order valence-corrected chi connectivity index (χ4v) is 5.82. The predicted octanol–water partition coefficient (Wildman–Crippen LogP) is 4.66. The molecule has 0 aliphatic rings. The summed E-state index contributed by atoms with van der Waals surface area (Å²) in [5.41, 5.74) is 2.09. The number of hydrogen-bond donors (Lipinski definition) is 0. The van der Waals surface area contributed by atoms with Crippen molar-refractivity contribution in [2.45, 2.75) is 31.1 Å². The van der Waals surface area contributed by atoms with Crippen molar-refractivity contribution >= 4 is 54.0 Å². The van der Waals surface area contributed by atoms with Crippen LogP contribution in [0.3, 0.4) is 0 Å². The van der Waals surface area contributed by atoms with E-state index in [1.54, 1.807) is 17.0 Å². The average Bonchev–Trinajstić information content (AvgIpc) is 3.17. The molecule has 9 heteroatoms. The molecule has 0 fully saturated rings. The number of sulfone groups is 1. The summed E-state index contributed by atoms with van der Waals surface area (Å²) in [6.45, 7) is 3.27. The molecule has 1 heterocycles. The van der Waals surface area contributed by atoms with Gasteiger partial charge >= 0.3 is 0 Å². The maximum atomic E-state index is 13.1. The van der Waals surface area contributed by atoms with Crippen molar-refractivity contribution in [1.29, 1.82) is 0 Å². The van der Waals surface area contributed by atoms with Crippen LogP contribution in [-0.4, -0.2) is 57.1 Å². The number of fused-ring (bicyclic) bond motifs is 1. The summed E-state index contributed by atoms with van der Waals surface area (Å²) < 4.78 is 26.2. The average molecular weight is 494 g/mol. The first-order valence-electron chi connectivity index (χ1n) is 10.5. The van der Waals surface area contributed by atoms with Crippen LogP contribution >= 0.6 is 22.9 Å². The fraction of sp³-hybridized carbons (Fsp3) is 0.391. The summed E-state index contributed by atoms with van der Waals surface area (Å²) in [7, 11) is 0.438. The first-order valence-corrected chi connectivity index (χ1v) is 13.4. The zero-order chi connectivity index (χ0) is 23.3. The van der Waals surface area contributed by atoms with Gasteiger partial charge in [0.05, 0.1) is 20.9 Å². The Kier molecular flexibility index (Phi) is 8.27. The van der Waals surface area contributed by atoms with E-state index in [9.17, 15) is 13.2 Å². The highest BCUT2D eigenvalue weighted by Gasteiger charge is 2.22. The molecule has 0 saturated heterocycles. The molecule has 0 saturated carbocycles. The monoisotopic (exact) mass is 493 g/mol. The number of amides is 1. The third-order valence-corrected chi connectivity index (χ3v) is 8.26. The third kappa shape index (κ3) is 6.07. The first-order chi connectivity index (χ1) is 15.2. The molecular formula is C23H28ClN3O3S2. The Balaban J connectivity index is 1.74. The van der Waals surface area contributed by atoms with Gasteiger partial charge in [0.15, 0.2) is 15.0 Å². The number of thiazole rings is 1. The van der Waals surface area contributed by atoms with Crippen molar-refractivity contribution in [3.63, 3.8) is 0 Å². The van der Waals surface area contributed by atoms with E-state index in [1.807, 2.05) is 31.1 Å². The maximum absolute atomic E-state index is 13.1. The van der Waals surface area contributed by atoms with Gasteiger partial charge in [-0.1, -0.05) is 42.0 Å². The van der Waals surface area contributed by atoms with E-state index in [0.717, 1.165) is 22.2 Å². The Morgan fingerprint density at radius 3 is 2.47 bits per heavy atom. The first kappa shape index (κ1) is 24.6. The van der Waals surface area contributed by atoms with E-state index in [2.05, 4.69) is 13.0 Å². The number of benzene rings is 2. The lowest BCUT2D eigenvalue weighted by Gasteiger charge is -2.22. The van der Waals surface area contributed by atoms with Gasteiger partial charge in [-0.25, -0.2) is 13.4 Å². The Labute approximate surface area is 198 Å². The molecule has 3 rings (SSSR count). The van der Waals surface area contributed by atoms with Gasteiger partial charge in [-0.3, -0.25) is 9.69 Å². The molecule has 0 unspecified atom stereocenters. The molecule has 6 nitrogen and oxygen atoms in total. The quantitative estimate of drug-likeness (QED) is 0.410. The molecule has 172 valence electrons. The van der Waals surface area contributed by atoms with Crippen molar-refractivity contribution in [3.05, 3.63) is 53.1 Å². The molecule has 0 atom stereocenters. The van der Waals surface area contributed by atoms with Gasteiger partial charge in [0.25, 0.3) is 0 Å². The number of aryl methyl sites for hydroxylation is 1. The molecule has 0 N–H and O–H groups in total. The second-order valence-corrected chi connectivity index (χ2v) is 11.4. The van der Waals surface area contributed by atoms with Gasteiger partial charge in [-0.2, -0.15) is 0 Å². The molecule has 0 aliphatic carbocycles. The predicted molar refractivity (Wildman–Crippen MR) is 133 cm³/mol. The van der Waals surface area contributed by atoms with E-state index in [4.69, 9.17) is 16.6 Å². The number of rotatable bonds is 10. The van der Waals surface area contributed by atoms with Gasteiger partial charge in [-0.05, 0) is 62.8 Å². The van der Waals surface area contributed by atoms with Crippen molar-refractivity contribution in [2.75, 3.05) is 37.8 Å². The lowest BCUT2D eigenvalue weighted by molar-refractivity contribution is -0.118. The smallest absolute Gasteiger partial charge is 0.228 e. The molecule has 1 aromatic heterocycles. The van der Waals surface area contributed by atoms with Crippen molar-refractivity contribution in [3.8, 4) is 0 Å². The number of aromatic nitrogens is 1. The molecule has 0 bridgehead atoms. The van der Waals surface area contributed by atoms with Crippen LogP contribution in [0.2, 0.25) is 5.02 Å². The van der Waals surface area contributed by atoms with Crippen LogP contribution in [0.15, 0.2) is 47.4 Å². The van der Waals surface area contributed by atoms with Crippen LogP contribution in [0.4, 0.5) is 5.13 Å². The topological polar surface area (TPSA) is 70.6 Å². The van der Waals surface area contributed by atoms with Crippen molar-refractivity contribution < 1.29 is 13.2 Å². The second kappa shape index (κ2) is 10.7. The molecular weight excluding hydrogens is 466 g/mol. The number of para-hydroxylation sites is 1. The summed E-state index contributed by atoms with van der Waals surface area (Å²) in [5, 5.41) is 1.14. The largest absolute Gasteiger partial charge is 0.308 e. The number of carbonyl (C=O) groups excluding carboxylic acids is 1. The van der Waals surface area contributed by atoms with Gasteiger partial charge < -0.3 is 4.90 Å². The highest BCUT2D eigenvalue weighted by Crippen LogP contribution is 2.31. The van der Waals surface area contributed by atoms with E-state index < -0.39 is 9.84 Å². The van der Waals surface area contributed by atoms with E-state index in [0.29, 0.717) is 23.2 Å². The normalized spacial score (nSPS) is 11.9. The SMILES string of the molecule is CCc1cccc2sc(N(CCN(C)C)C(=O)CCCS(=O)(=O)c3ccc(Cl)cc3)nc12. The maximum Gasteiger partial charge on any atom is 0.228 e. The minimum absolute atomic E-state index is 0.0955. The molecule has 0 aliphatic heterocycles. The molecule has 3 aromatic rings. The summed E-state index contributed by atoms with van der Waals surface area (Å²) in [6, 6.07) is 12.2. The molecule has 1 amide bonds. The van der Waals surface area contributed by atoms with E-state index in [1.165, 1.54) is 23.5 Å². The standard InChI is InChI=1S/C23H28ClN3O3S2/c1-4-17-7-5-8-20-22(17)25-23(31-20)27(15-14-26(2)3)21(28)9-6-16-32(29,30)19-12-10-18(24)11-13-19/h5,7-8,10-13H,4,6,9,14-16H2,1-3H3. The van der Waals surface area contributed by atoms with Gasteiger partial charge in [0.2, 0.25) is 5.91 Å². The third-order valence-electron chi connectivity index (χ3n) is 5.15. The Morgan fingerprint density at radius 2 is 1.81 bits per heavy atom. The van der Waals surface area contributed by atoms with Gasteiger partial charge in [0.1, 0.15) is 0 Å². The minimum Gasteiger partial charge on any atom is -0.308 e. The zero-order valence-corrected chi connectivity index (χ0v) is 20.9. The number of hydrogen-bond acceptors (Lipinski definition) is 6. The molecule has 0 radical (unpaired) electrons. The van der Waals surface area contributed by atoms with Gasteiger partial charge in [0, 0.05) is 24.5 Å².